The van der Waals surface area contributed by atoms with E-state index in [-0.39, 0.29) is 0 Å². The maximum Gasteiger partial charge on any atom is 0.145 e. The van der Waals surface area contributed by atoms with E-state index in [2.05, 4.69) is 9.97 Å². The molecule has 0 radical (unpaired) electrons. The lowest BCUT2D eigenvalue weighted by molar-refractivity contribution is 1.19. The van der Waals surface area contributed by atoms with Crippen LogP contribution in [0.1, 0.15) is 11.3 Å². The Morgan fingerprint density at radius 3 is 2.62 bits per heavy atom. The average molecular weight is 173 g/mol. The molecule has 3 heteroatoms. The highest BCUT2D eigenvalue weighted by Crippen LogP contribution is 2.14. The maximum absolute atomic E-state index is 5.65. The van der Waals surface area contributed by atoms with Gasteiger partial charge in [0.05, 0.1) is 16.7 Å². The van der Waals surface area contributed by atoms with Gasteiger partial charge in [-0.05, 0) is 31.5 Å². The van der Waals surface area contributed by atoms with Crippen molar-refractivity contribution in [2.75, 3.05) is 5.73 Å². The topological polar surface area (TPSA) is 51.8 Å². The molecular formula is C10H11N3. The molecule has 0 saturated carbocycles. The van der Waals surface area contributed by atoms with Crippen LogP contribution in [0.2, 0.25) is 0 Å². The van der Waals surface area contributed by atoms with E-state index >= 15 is 0 Å². The fourth-order valence-corrected chi connectivity index (χ4v) is 1.27. The molecule has 0 amide bonds. The Morgan fingerprint density at radius 1 is 1.08 bits per heavy atom. The van der Waals surface area contributed by atoms with Crippen molar-refractivity contribution in [1.29, 1.82) is 0 Å². The van der Waals surface area contributed by atoms with Crippen LogP contribution in [0.25, 0.3) is 11.0 Å². The molecule has 0 unspecified atom stereocenters. The van der Waals surface area contributed by atoms with Gasteiger partial charge in [-0.2, -0.15) is 0 Å². The summed E-state index contributed by atoms with van der Waals surface area (Å²) in [5.41, 5.74) is 9.39. The number of hydrogen-bond acceptors (Lipinski definition) is 3. The molecule has 2 N–H and O–H groups in total. The van der Waals surface area contributed by atoms with E-state index in [1.165, 1.54) is 5.56 Å². The number of benzene rings is 1. The van der Waals surface area contributed by atoms with Gasteiger partial charge < -0.3 is 5.73 Å². The minimum atomic E-state index is 0.511. The first-order chi connectivity index (χ1) is 6.16. The molecule has 3 nitrogen and oxygen atoms in total. The summed E-state index contributed by atoms with van der Waals surface area (Å²) in [6, 6.07) is 5.95. The van der Waals surface area contributed by atoms with E-state index in [9.17, 15) is 0 Å². The van der Waals surface area contributed by atoms with Crippen molar-refractivity contribution in [3.05, 3.63) is 29.5 Å². The van der Waals surface area contributed by atoms with Gasteiger partial charge in [0.25, 0.3) is 0 Å². The second-order valence-corrected chi connectivity index (χ2v) is 3.19. The van der Waals surface area contributed by atoms with E-state index in [1.54, 1.807) is 0 Å². The Balaban J connectivity index is 2.81. The normalized spacial score (nSPS) is 10.6. The first-order valence-electron chi connectivity index (χ1n) is 4.17. The third-order valence-corrected chi connectivity index (χ3v) is 2.03. The zero-order valence-corrected chi connectivity index (χ0v) is 7.70. The van der Waals surface area contributed by atoms with E-state index in [4.69, 9.17) is 5.73 Å². The molecule has 2 aromatic rings. The summed E-state index contributed by atoms with van der Waals surface area (Å²) in [6.07, 6.45) is 0. The molecule has 66 valence electrons. The molecule has 0 spiro atoms. The van der Waals surface area contributed by atoms with Gasteiger partial charge in [-0.3, -0.25) is 0 Å². The zero-order valence-electron chi connectivity index (χ0n) is 7.70. The fourth-order valence-electron chi connectivity index (χ4n) is 1.27. The molecule has 0 aliphatic heterocycles. The van der Waals surface area contributed by atoms with Crippen molar-refractivity contribution in [2.24, 2.45) is 0 Å². The predicted octanol–water partition coefficient (Wildman–Crippen LogP) is 1.83. The third-order valence-electron chi connectivity index (χ3n) is 2.03. The summed E-state index contributed by atoms with van der Waals surface area (Å²) < 4.78 is 0. The number of fused-ring (bicyclic) bond motifs is 1. The molecule has 0 saturated heterocycles. The molecule has 0 atom stereocenters. The average Bonchev–Trinajstić information content (AvgIpc) is 2.08. The highest BCUT2D eigenvalue weighted by molar-refractivity contribution is 5.76. The van der Waals surface area contributed by atoms with E-state index in [1.807, 2.05) is 32.0 Å². The van der Waals surface area contributed by atoms with Crippen molar-refractivity contribution in [1.82, 2.24) is 9.97 Å². The molecule has 1 aromatic heterocycles. The minimum Gasteiger partial charge on any atom is -0.382 e. The number of nitrogens with two attached hydrogens (primary N) is 1. The van der Waals surface area contributed by atoms with Crippen LogP contribution in [0, 0.1) is 13.8 Å². The number of anilines is 1. The van der Waals surface area contributed by atoms with Gasteiger partial charge in [-0.15, -0.1) is 0 Å². The first-order valence-corrected chi connectivity index (χ1v) is 4.17. The van der Waals surface area contributed by atoms with Gasteiger partial charge in [-0.1, -0.05) is 6.07 Å². The van der Waals surface area contributed by atoms with Crippen LogP contribution >= 0.6 is 0 Å². The number of nitrogens with zero attached hydrogens (tertiary/aromatic N) is 2. The van der Waals surface area contributed by atoms with Gasteiger partial charge >= 0.3 is 0 Å². The highest BCUT2D eigenvalue weighted by atomic mass is 14.9. The smallest absolute Gasteiger partial charge is 0.145 e. The monoisotopic (exact) mass is 173 g/mol. The third kappa shape index (κ3) is 1.33. The number of rotatable bonds is 0. The molecule has 0 bridgehead atoms. The first kappa shape index (κ1) is 7.98. The molecule has 2 rings (SSSR count). The Labute approximate surface area is 76.6 Å². The minimum absolute atomic E-state index is 0.511. The van der Waals surface area contributed by atoms with Gasteiger partial charge in [0.15, 0.2) is 0 Å². The summed E-state index contributed by atoms with van der Waals surface area (Å²) >= 11 is 0. The molecule has 0 fully saturated rings. The van der Waals surface area contributed by atoms with Crippen LogP contribution in [0.4, 0.5) is 5.82 Å². The van der Waals surface area contributed by atoms with Crippen molar-refractivity contribution in [3.8, 4) is 0 Å². The van der Waals surface area contributed by atoms with Crippen LogP contribution in [0.15, 0.2) is 18.2 Å². The Bertz CT molecular complexity index is 463. The molecule has 1 heterocycles. The quantitative estimate of drug-likeness (QED) is 0.661. The summed E-state index contributed by atoms with van der Waals surface area (Å²) in [4.78, 5) is 8.58. The van der Waals surface area contributed by atoms with Gasteiger partial charge in [0.1, 0.15) is 5.82 Å². The fraction of sp³-hybridized carbons (Fsp3) is 0.200. The summed E-state index contributed by atoms with van der Waals surface area (Å²) in [5, 5.41) is 0. The van der Waals surface area contributed by atoms with Crippen LogP contribution in [-0.4, -0.2) is 9.97 Å². The number of hydrogen-bond donors (Lipinski definition) is 1. The van der Waals surface area contributed by atoms with Crippen molar-refractivity contribution in [2.45, 2.75) is 13.8 Å². The lowest BCUT2D eigenvalue weighted by atomic mass is 10.2. The number of aromatic nitrogens is 2. The number of aryl methyl sites for hydroxylation is 2. The van der Waals surface area contributed by atoms with Crippen LogP contribution in [0.5, 0.6) is 0 Å². The Hall–Kier alpha value is -1.64. The highest BCUT2D eigenvalue weighted by Gasteiger charge is 2.00. The van der Waals surface area contributed by atoms with Crippen molar-refractivity contribution >= 4 is 16.9 Å². The van der Waals surface area contributed by atoms with E-state index in [0.29, 0.717) is 5.82 Å². The lowest BCUT2D eigenvalue weighted by Crippen LogP contribution is -1.97. The Morgan fingerprint density at radius 2 is 1.85 bits per heavy atom. The predicted molar refractivity (Wildman–Crippen MR) is 53.4 cm³/mol. The van der Waals surface area contributed by atoms with Crippen LogP contribution in [-0.2, 0) is 0 Å². The second-order valence-electron chi connectivity index (χ2n) is 3.19. The van der Waals surface area contributed by atoms with Crippen LogP contribution in [0.3, 0.4) is 0 Å². The zero-order chi connectivity index (χ0) is 9.42. The van der Waals surface area contributed by atoms with Crippen molar-refractivity contribution in [3.63, 3.8) is 0 Å². The van der Waals surface area contributed by atoms with Crippen molar-refractivity contribution < 1.29 is 0 Å². The van der Waals surface area contributed by atoms with Gasteiger partial charge in [0, 0.05) is 0 Å². The Kier molecular flexibility index (Phi) is 1.65. The maximum atomic E-state index is 5.65. The van der Waals surface area contributed by atoms with Gasteiger partial charge in [-0.25, -0.2) is 9.97 Å². The largest absolute Gasteiger partial charge is 0.382 e. The summed E-state index contributed by atoms with van der Waals surface area (Å²) in [6.45, 7) is 3.90. The molecule has 0 aliphatic carbocycles. The van der Waals surface area contributed by atoms with Gasteiger partial charge in [0.2, 0.25) is 0 Å². The number of nitrogen functional groups attached to an aromatic ring is 1. The molecule has 0 aliphatic rings. The lowest BCUT2D eigenvalue weighted by Gasteiger charge is -2.02. The summed E-state index contributed by atoms with van der Waals surface area (Å²) in [5.74, 6) is 0.511. The molecule has 13 heavy (non-hydrogen) atoms. The molecule has 1 aromatic carbocycles. The molecular weight excluding hydrogens is 162 g/mol. The van der Waals surface area contributed by atoms with Crippen LogP contribution < -0.4 is 5.73 Å². The summed E-state index contributed by atoms with van der Waals surface area (Å²) in [7, 11) is 0. The van der Waals surface area contributed by atoms with E-state index < -0.39 is 0 Å². The SMILES string of the molecule is Cc1ccc2nc(N)c(C)nc2c1. The second kappa shape index (κ2) is 2.69. The standard InChI is InChI=1S/C10H11N3/c1-6-3-4-8-9(5-6)12-7(2)10(11)13-8/h3-5H,1-2H3,(H2,11,13). The van der Waals surface area contributed by atoms with E-state index in [0.717, 1.165) is 16.7 Å².